The molecule has 2 aromatic rings. The van der Waals surface area contributed by atoms with Gasteiger partial charge in [-0.2, -0.15) is 4.98 Å². The number of carbonyl (C=O) groups excluding carboxylic acids is 1. The molecule has 0 bridgehead atoms. The van der Waals surface area contributed by atoms with E-state index in [4.69, 9.17) is 4.52 Å². The van der Waals surface area contributed by atoms with Crippen LogP contribution < -0.4 is 0 Å². The van der Waals surface area contributed by atoms with E-state index in [0.29, 0.717) is 24.6 Å². The van der Waals surface area contributed by atoms with Crippen LogP contribution in [0.2, 0.25) is 0 Å². The Balaban J connectivity index is 1.69. The molecule has 2 aromatic heterocycles. The van der Waals surface area contributed by atoms with Crippen LogP contribution in [-0.2, 0) is 11.2 Å². The number of carbonyl (C=O) groups is 1. The second kappa shape index (κ2) is 5.36. The first-order valence-corrected chi connectivity index (χ1v) is 7.55. The monoisotopic (exact) mass is 291 g/mol. The zero-order valence-electron chi connectivity index (χ0n) is 11.6. The van der Waals surface area contributed by atoms with Crippen molar-refractivity contribution in [2.45, 2.75) is 32.1 Å². The third kappa shape index (κ3) is 2.75. The molecule has 3 rings (SSSR count). The van der Waals surface area contributed by atoms with Gasteiger partial charge in [0.15, 0.2) is 5.82 Å². The van der Waals surface area contributed by atoms with E-state index in [1.165, 1.54) is 9.75 Å². The molecule has 3 heterocycles. The summed E-state index contributed by atoms with van der Waals surface area (Å²) in [7, 11) is 1.83. The zero-order chi connectivity index (χ0) is 14.1. The second-order valence-corrected chi connectivity index (χ2v) is 6.62. The van der Waals surface area contributed by atoms with Crippen LogP contribution in [0.5, 0.6) is 0 Å². The largest absolute Gasteiger partial charge is 0.346 e. The number of thiophene rings is 1. The van der Waals surface area contributed by atoms with Crippen molar-refractivity contribution in [3.63, 3.8) is 0 Å². The predicted octanol–water partition coefficient (Wildman–Crippen LogP) is 2.37. The molecule has 106 valence electrons. The van der Waals surface area contributed by atoms with E-state index >= 15 is 0 Å². The lowest BCUT2D eigenvalue weighted by molar-refractivity contribution is -0.132. The molecule has 0 N–H and O–H groups in total. The molecule has 1 saturated heterocycles. The van der Waals surface area contributed by atoms with Crippen molar-refractivity contribution in [3.8, 4) is 0 Å². The summed E-state index contributed by atoms with van der Waals surface area (Å²) in [6.45, 7) is 2.84. The van der Waals surface area contributed by atoms with Gasteiger partial charge in [0.2, 0.25) is 11.8 Å². The number of aryl methyl sites for hydroxylation is 1. The highest BCUT2D eigenvalue weighted by Crippen LogP contribution is 2.27. The summed E-state index contributed by atoms with van der Waals surface area (Å²) >= 11 is 1.75. The van der Waals surface area contributed by atoms with Crippen molar-refractivity contribution >= 4 is 17.2 Å². The molecule has 5 nitrogen and oxygen atoms in total. The molecule has 1 aliphatic rings. The van der Waals surface area contributed by atoms with Crippen molar-refractivity contribution in [2.75, 3.05) is 13.6 Å². The van der Waals surface area contributed by atoms with Gasteiger partial charge >= 0.3 is 0 Å². The lowest BCUT2D eigenvalue weighted by atomic mass is 9.96. The predicted molar refractivity (Wildman–Crippen MR) is 75.8 cm³/mol. The standard InChI is InChI=1S/C14H17N3O2S/c1-9-3-4-11(20-9)8-12-15-14(19-16-12)10-5-6-17(2)13(18)7-10/h3-4,10H,5-8H2,1-2H3. The highest BCUT2D eigenvalue weighted by Gasteiger charge is 2.28. The van der Waals surface area contributed by atoms with E-state index in [9.17, 15) is 4.79 Å². The van der Waals surface area contributed by atoms with Gasteiger partial charge in [0.05, 0.1) is 0 Å². The molecule has 1 atom stereocenters. The number of aromatic nitrogens is 2. The third-order valence-electron chi connectivity index (χ3n) is 3.62. The Morgan fingerprint density at radius 2 is 2.35 bits per heavy atom. The van der Waals surface area contributed by atoms with E-state index in [2.05, 4.69) is 29.2 Å². The Morgan fingerprint density at radius 1 is 1.50 bits per heavy atom. The van der Waals surface area contributed by atoms with Crippen molar-refractivity contribution in [1.29, 1.82) is 0 Å². The fourth-order valence-electron chi connectivity index (χ4n) is 2.39. The second-order valence-electron chi connectivity index (χ2n) is 5.24. The smallest absolute Gasteiger partial charge is 0.230 e. The van der Waals surface area contributed by atoms with Crippen molar-refractivity contribution in [3.05, 3.63) is 33.6 Å². The van der Waals surface area contributed by atoms with E-state index in [1.807, 2.05) is 7.05 Å². The number of hydrogen-bond donors (Lipinski definition) is 0. The van der Waals surface area contributed by atoms with Crippen LogP contribution in [0.25, 0.3) is 0 Å². The topological polar surface area (TPSA) is 59.2 Å². The summed E-state index contributed by atoms with van der Waals surface area (Å²) in [4.78, 5) is 20.4. The zero-order valence-corrected chi connectivity index (χ0v) is 12.4. The maximum atomic E-state index is 11.7. The summed E-state index contributed by atoms with van der Waals surface area (Å²) in [5.74, 6) is 1.53. The molecule has 1 fully saturated rings. The quantitative estimate of drug-likeness (QED) is 0.871. The molecule has 0 radical (unpaired) electrons. The van der Waals surface area contributed by atoms with Crippen LogP contribution in [0.4, 0.5) is 0 Å². The molecule has 1 amide bonds. The molecular formula is C14H17N3O2S. The lowest BCUT2D eigenvalue weighted by Crippen LogP contribution is -2.34. The average Bonchev–Trinajstić information content (AvgIpc) is 3.03. The summed E-state index contributed by atoms with van der Waals surface area (Å²) in [5.41, 5.74) is 0. The maximum Gasteiger partial charge on any atom is 0.230 e. The fraction of sp³-hybridized carbons (Fsp3) is 0.500. The van der Waals surface area contributed by atoms with Gasteiger partial charge in [0.1, 0.15) is 0 Å². The normalized spacial score (nSPS) is 19.6. The highest BCUT2D eigenvalue weighted by atomic mass is 32.1. The van der Waals surface area contributed by atoms with E-state index < -0.39 is 0 Å². The number of piperidine rings is 1. The van der Waals surface area contributed by atoms with Crippen LogP contribution in [0.15, 0.2) is 16.7 Å². The Morgan fingerprint density at radius 3 is 3.05 bits per heavy atom. The average molecular weight is 291 g/mol. The number of hydrogen-bond acceptors (Lipinski definition) is 5. The summed E-state index contributed by atoms with van der Waals surface area (Å²) in [6, 6.07) is 4.19. The van der Waals surface area contributed by atoms with Gasteiger partial charge in [0, 0.05) is 42.1 Å². The van der Waals surface area contributed by atoms with Crippen LogP contribution in [0, 0.1) is 6.92 Å². The minimum Gasteiger partial charge on any atom is -0.346 e. The van der Waals surface area contributed by atoms with Gasteiger partial charge < -0.3 is 9.42 Å². The van der Waals surface area contributed by atoms with Gasteiger partial charge in [0.25, 0.3) is 0 Å². The number of nitrogens with zero attached hydrogens (tertiary/aromatic N) is 3. The summed E-state index contributed by atoms with van der Waals surface area (Å²) in [5, 5.41) is 4.04. The Labute approximate surface area is 121 Å². The SMILES string of the molecule is Cc1ccc(Cc2noc(C3CCN(C)C(=O)C3)n2)s1. The van der Waals surface area contributed by atoms with Gasteiger partial charge in [-0.25, -0.2) is 0 Å². The van der Waals surface area contributed by atoms with E-state index in [0.717, 1.165) is 13.0 Å². The highest BCUT2D eigenvalue weighted by molar-refractivity contribution is 7.11. The van der Waals surface area contributed by atoms with Gasteiger partial charge in [-0.3, -0.25) is 4.79 Å². The molecule has 0 aliphatic carbocycles. The third-order valence-corrected chi connectivity index (χ3v) is 4.62. The minimum absolute atomic E-state index is 0.0741. The minimum atomic E-state index is 0.0741. The van der Waals surface area contributed by atoms with E-state index in [-0.39, 0.29) is 11.8 Å². The van der Waals surface area contributed by atoms with Gasteiger partial charge in [-0.1, -0.05) is 5.16 Å². The number of amides is 1. The number of rotatable bonds is 3. The lowest BCUT2D eigenvalue weighted by Gasteiger charge is -2.26. The molecule has 1 aliphatic heterocycles. The molecule has 0 saturated carbocycles. The van der Waals surface area contributed by atoms with Crippen molar-refractivity contribution in [2.24, 2.45) is 0 Å². The molecule has 0 aromatic carbocycles. The first-order valence-electron chi connectivity index (χ1n) is 6.73. The van der Waals surface area contributed by atoms with Crippen molar-refractivity contribution < 1.29 is 9.32 Å². The maximum absolute atomic E-state index is 11.7. The first kappa shape index (κ1) is 13.3. The Kier molecular flexibility index (Phi) is 3.56. The first-order chi connectivity index (χ1) is 9.61. The molecule has 6 heteroatoms. The van der Waals surface area contributed by atoms with Crippen LogP contribution >= 0.6 is 11.3 Å². The van der Waals surface area contributed by atoms with Gasteiger partial charge in [-0.05, 0) is 25.5 Å². The molecular weight excluding hydrogens is 274 g/mol. The Bertz CT molecular complexity index is 619. The number of likely N-dealkylation sites (tertiary alicyclic amines) is 1. The van der Waals surface area contributed by atoms with Crippen molar-refractivity contribution in [1.82, 2.24) is 15.0 Å². The Hall–Kier alpha value is -1.69. The van der Waals surface area contributed by atoms with Crippen LogP contribution in [0.1, 0.15) is 40.2 Å². The summed E-state index contributed by atoms with van der Waals surface area (Å²) < 4.78 is 5.34. The fourth-order valence-corrected chi connectivity index (χ4v) is 3.28. The molecule has 1 unspecified atom stereocenters. The summed E-state index contributed by atoms with van der Waals surface area (Å²) in [6.07, 6.45) is 2.06. The van der Waals surface area contributed by atoms with Crippen LogP contribution in [-0.4, -0.2) is 34.5 Å². The van der Waals surface area contributed by atoms with Gasteiger partial charge in [-0.15, -0.1) is 11.3 Å². The molecule has 0 spiro atoms. The molecule has 20 heavy (non-hydrogen) atoms. The van der Waals surface area contributed by atoms with E-state index in [1.54, 1.807) is 16.2 Å². The van der Waals surface area contributed by atoms with Crippen LogP contribution in [0.3, 0.4) is 0 Å².